The second-order valence-corrected chi connectivity index (χ2v) is 10.5. The van der Waals surface area contributed by atoms with Gasteiger partial charge in [-0.05, 0) is 48.2 Å². The topological polar surface area (TPSA) is 133 Å². The van der Waals surface area contributed by atoms with E-state index in [0.29, 0.717) is 50.4 Å². The van der Waals surface area contributed by atoms with E-state index in [2.05, 4.69) is 47.3 Å². The molecule has 4 aromatic rings. The van der Waals surface area contributed by atoms with Crippen molar-refractivity contribution in [3.8, 4) is 11.1 Å². The van der Waals surface area contributed by atoms with Crippen LogP contribution in [0.1, 0.15) is 0 Å². The summed E-state index contributed by atoms with van der Waals surface area (Å²) < 4.78 is 31.2. The largest absolute Gasteiger partial charge is 0.383 e. The number of halogens is 2. The van der Waals surface area contributed by atoms with Crippen molar-refractivity contribution in [2.75, 3.05) is 35.2 Å². The molecule has 150 valence electrons. The fourth-order valence-electron chi connectivity index (χ4n) is 3.33. The van der Waals surface area contributed by atoms with Gasteiger partial charge in [0.2, 0.25) is 0 Å². The summed E-state index contributed by atoms with van der Waals surface area (Å²) in [5, 5.41) is 12.1. The first-order valence-electron chi connectivity index (χ1n) is 8.55. The Balaban J connectivity index is 1.68. The number of fused-ring (bicyclic) bond motifs is 2. The predicted molar refractivity (Wildman–Crippen MR) is 114 cm³/mol. The van der Waals surface area contributed by atoms with E-state index in [1.807, 2.05) is 11.0 Å². The third-order valence-electron chi connectivity index (χ3n) is 4.91. The Morgan fingerprint density at radius 3 is 2.59 bits per heavy atom. The van der Waals surface area contributed by atoms with E-state index in [4.69, 9.17) is 15.3 Å². The average Bonchev–Trinajstić information content (AvgIpc) is 3.33. The van der Waals surface area contributed by atoms with E-state index in [1.165, 1.54) is 0 Å². The van der Waals surface area contributed by atoms with Crippen LogP contribution in [0.4, 0.5) is 11.6 Å². The normalized spacial score (nSPS) is 16.7. The molecule has 3 aromatic heterocycles. The Bertz CT molecular complexity index is 1370. The maximum atomic E-state index is 11.8. The summed E-state index contributed by atoms with van der Waals surface area (Å²) in [5.74, 6) is 1.14. The van der Waals surface area contributed by atoms with Crippen molar-refractivity contribution in [3.05, 3.63) is 27.3 Å². The zero-order valence-electron chi connectivity index (χ0n) is 14.7. The summed E-state index contributed by atoms with van der Waals surface area (Å²) in [5.41, 5.74) is 9.62. The third kappa shape index (κ3) is 2.99. The molecule has 0 amide bonds. The molecule has 0 atom stereocenters. The lowest BCUT2D eigenvalue weighted by molar-refractivity contribution is 0.315. The first kappa shape index (κ1) is 18.8. The van der Waals surface area contributed by atoms with Gasteiger partial charge in [-0.25, -0.2) is 18.0 Å². The summed E-state index contributed by atoms with van der Waals surface area (Å²) in [6.07, 6.45) is 1.68. The van der Waals surface area contributed by atoms with Gasteiger partial charge in [-0.1, -0.05) is 6.07 Å². The van der Waals surface area contributed by atoms with Crippen molar-refractivity contribution >= 4 is 70.0 Å². The molecule has 1 fully saturated rings. The quantitative estimate of drug-likeness (QED) is 0.405. The van der Waals surface area contributed by atoms with Gasteiger partial charge in [0.05, 0.1) is 22.2 Å². The van der Waals surface area contributed by atoms with Crippen molar-refractivity contribution in [2.24, 2.45) is 0 Å². The highest BCUT2D eigenvalue weighted by molar-refractivity contribution is 9.11. The van der Waals surface area contributed by atoms with Gasteiger partial charge in [-0.3, -0.25) is 0 Å². The molecular weight excluding hydrogens is 530 g/mol. The summed E-state index contributed by atoms with van der Waals surface area (Å²) in [6.45, 7) is 0.709. The van der Waals surface area contributed by atoms with Gasteiger partial charge < -0.3 is 10.6 Å². The van der Waals surface area contributed by atoms with Crippen LogP contribution in [-0.4, -0.2) is 57.9 Å². The van der Waals surface area contributed by atoms with Crippen LogP contribution in [0.15, 0.2) is 31.9 Å². The number of nitrogens with zero attached hydrogens (tertiary/aromatic N) is 6. The van der Waals surface area contributed by atoms with E-state index in [-0.39, 0.29) is 11.5 Å². The van der Waals surface area contributed by atoms with Gasteiger partial charge in [0, 0.05) is 24.2 Å². The van der Waals surface area contributed by atoms with Gasteiger partial charge in [0.1, 0.15) is 27.1 Å². The first-order chi connectivity index (χ1) is 13.9. The highest BCUT2D eigenvalue weighted by atomic mass is 79.9. The highest BCUT2D eigenvalue weighted by Gasteiger charge is 2.27. The summed E-state index contributed by atoms with van der Waals surface area (Å²) in [4.78, 5) is 6.69. The molecule has 1 saturated heterocycles. The Kier molecular flexibility index (Phi) is 4.29. The number of hydrogen-bond acceptors (Lipinski definition) is 9. The molecule has 0 bridgehead atoms. The van der Waals surface area contributed by atoms with Crippen LogP contribution in [0, 0.1) is 0 Å². The van der Waals surface area contributed by atoms with E-state index in [0.717, 1.165) is 11.1 Å². The maximum Gasteiger partial charge on any atom is 0.167 e. The molecule has 13 heteroatoms. The van der Waals surface area contributed by atoms with E-state index < -0.39 is 9.84 Å². The molecule has 0 aliphatic carbocycles. The minimum Gasteiger partial charge on any atom is -0.383 e. The first-order valence-corrected chi connectivity index (χ1v) is 12.0. The van der Waals surface area contributed by atoms with E-state index in [9.17, 15) is 8.42 Å². The van der Waals surface area contributed by atoms with Crippen LogP contribution in [0.5, 0.6) is 0 Å². The number of hydrogen-bond donors (Lipinski definition) is 1. The molecule has 1 aliphatic rings. The lowest BCUT2D eigenvalue weighted by Crippen LogP contribution is -2.41. The van der Waals surface area contributed by atoms with Crippen molar-refractivity contribution in [1.82, 2.24) is 24.9 Å². The minimum atomic E-state index is -3.01. The molecule has 4 heterocycles. The molecule has 0 unspecified atom stereocenters. The molecule has 5 rings (SSSR count). The van der Waals surface area contributed by atoms with Crippen molar-refractivity contribution in [2.45, 2.75) is 0 Å². The van der Waals surface area contributed by atoms with Gasteiger partial charge in [-0.15, -0.1) is 0 Å². The molecular formula is C16H13Br2N7O3S. The van der Waals surface area contributed by atoms with E-state index >= 15 is 0 Å². The average molecular weight is 543 g/mol. The summed E-state index contributed by atoms with van der Waals surface area (Å²) in [6, 6.07) is 3.68. The predicted octanol–water partition coefficient (Wildman–Crippen LogP) is 2.27. The second-order valence-electron chi connectivity index (χ2n) is 6.63. The number of rotatable bonds is 2. The zero-order valence-corrected chi connectivity index (χ0v) is 18.7. The van der Waals surface area contributed by atoms with Crippen LogP contribution in [0.25, 0.3) is 27.8 Å². The van der Waals surface area contributed by atoms with Crippen LogP contribution < -0.4 is 10.6 Å². The molecule has 2 N–H and O–H groups in total. The van der Waals surface area contributed by atoms with Crippen LogP contribution in [0.3, 0.4) is 0 Å². The number of anilines is 2. The number of aromatic nitrogens is 5. The number of nitrogens with two attached hydrogens (primary N) is 1. The zero-order chi connectivity index (χ0) is 20.3. The maximum absolute atomic E-state index is 11.8. The Morgan fingerprint density at radius 1 is 1.07 bits per heavy atom. The van der Waals surface area contributed by atoms with Gasteiger partial charge in [-0.2, -0.15) is 9.61 Å². The third-order valence-corrected chi connectivity index (χ3v) is 8.08. The molecule has 0 radical (unpaired) electrons. The van der Waals surface area contributed by atoms with Crippen molar-refractivity contribution in [1.29, 1.82) is 0 Å². The lowest BCUT2D eigenvalue weighted by atomic mass is 10.1. The molecule has 29 heavy (non-hydrogen) atoms. The van der Waals surface area contributed by atoms with Gasteiger partial charge in [0.25, 0.3) is 0 Å². The van der Waals surface area contributed by atoms with E-state index in [1.54, 1.807) is 16.8 Å². The molecule has 0 spiro atoms. The number of sulfone groups is 1. The Morgan fingerprint density at radius 2 is 1.83 bits per heavy atom. The minimum absolute atomic E-state index is 0.0830. The van der Waals surface area contributed by atoms with Crippen LogP contribution in [-0.2, 0) is 9.84 Å². The van der Waals surface area contributed by atoms with Crippen LogP contribution >= 0.6 is 31.9 Å². The Hall–Kier alpha value is -2.25. The standard InChI is InChI=1S/C16H13Br2N7O3S/c17-11-8(1-2-10-13(11)23-28-22-10)9-7-20-25-14(19)12(18)16(21-15(9)25)24-3-5-29(26,27)6-4-24/h1-2,7H,3-6,19H2. The fourth-order valence-corrected chi connectivity index (χ4v) is 5.66. The Labute approximate surface area is 181 Å². The number of nitrogen functional groups attached to an aromatic ring is 1. The number of benzene rings is 1. The summed E-state index contributed by atoms with van der Waals surface area (Å²) >= 11 is 7.06. The van der Waals surface area contributed by atoms with Gasteiger partial charge in [0.15, 0.2) is 15.5 Å². The molecule has 10 nitrogen and oxygen atoms in total. The van der Waals surface area contributed by atoms with Crippen LogP contribution in [0.2, 0.25) is 0 Å². The monoisotopic (exact) mass is 541 g/mol. The molecule has 0 saturated carbocycles. The smallest absolute Gasteiger partial charge is 0.167 e. The molecule has 1 aromatic carbocycles. The SMILES string of the molecule is Nc1c(Br)c(N2CCS(=O)(=O)CC2)nc2c(-c3ccc4nonc4c3Br)cnn12. The van der Waals surface area contributed by atoms with Crippen molar-refractivity contribution < 1.29 is 13.0 Å². The lowest BCUT2D eigenvalue weighted by Gasteiger charge is -2.28. The molecule has 1 aliphatic heterocycles. The summed E-state index contributed by atoms with van der Waals surface area (Å²) in [7, 11) is -3.01. The highest BCUT2D eigenvalue weighted by Crippen LogP contribution is 2.38. The second kappa shape index (κ2) is 6.64. The fraction of sp³-hybridized carbons (Fsp3) is 0.250. The van der Waals surface area contributed by atoms with Crippen molar-refractivity contribution in [3.63, 3.8) is 0 Å². The van der Waals surface area contributed by atoms with Gasteiger partial charge >= 0.3 is 0 Å².